The summed E-state index contributed by atoms with van der Waals surface area (Å²) < 4.78 is 65.3. The lowest BCUT2D eigenvalue weighted by molar-refractivity contribution is 0.0977. The van der Waals surface area contributed by atoms with Crippen LogP contribution in [0.4, 0.5) is 13.2 Å². The van der Waals surface area contributed by atoms with Gasteiger partial charge in [-0.25, -0.2) is 17.9 Å². The molecular weight excluding hydrogens is 321 g/mol. The summed E-state index contributed by atoms with van der Waals surface area (Å²) in [5, 5.41) is 0. The average Bonchev–Trinajstić information content (AvgIpc) is 2.47. The minimum Gasteiger partial charge on any atom is -0.268 e. The highest BCUT2D eigenvalue weighted by molar-refractivity contribution is 7.87. The lowest BCUT2D eigenvalue weighted by Gasteiger charge is -2.25. The van der Waals surface area contributed by atoms with Crippen LogP contribution in [0.15, 0.2) is 18.2 Å². The number of carbonyl (C=O) groups excluding carboxylic acids is 1. The molecule has 0 aliphatic carbocycles. The number of benzene rings is 1. The molecule has 1 fully saturated rings. The summed E-state index contributed by atoms with van der Waals surface area (Å²) in [7, 11) is -4.01. The van der Waals surface area contributed by atoms with Crippen molar-refractivity contribution in [3.8, 4) is 0 Å². The summed E-state index contributed by atoms with van der Waals surface area (Å²) in [6.45, 7) is 0.614. The predicted molar refractivity (Wildman–Crippen MR) is 73.2 cm³/mol. The molecule has 2 rings (SSSR count). The van der Waals surface area contributed by atoms with Gasteiger partial charge in [0.1, 0.15) is 5.82 Å². The van der Waals surface area contributed by atoms with Gasteiger partial charge >= 0.3 is 10.2 Å². The average molecular weight is 336 g/mol. The van der Waals surface area contributed by atoms with Gasteiger partial charge in [-0.05, 0) is 31.0 Å². The van der Waals surface area contributed by atoms with E-state index in [1.807, 2.05) is 4.72 Å². The Bertz CT molecular complexity index is 658. The van der Waals surface area contributed by atoms with Crippen molar-refractivity contribution in [2.24, 2.45) is 0 Å². The molecule has 0 aromatic heterocycles. The fourth-order valence-electron chi connectivity index (χ4n) is 2.19. The van der Waals surface area contributed by atoms with Crippen LogP contribution in [0.2, 0.25) is 0 Å². The van der Waals surface area contributed by atoms with E-state index in [-0.39, 0.29) is 5.56 Å². The molecule has 0 spiro atoms. The first-order valence-corrected chi connectivity index (χ1v) is 8.15. The van der Waals surface area contributed by atoms with E-state index in [1.54, 1.807) is 0 Å². The van der Waals surface area contributed by atoms with Gasteiger partial charge in [-0.3, -0.25) is 4.79 Å². The van der Waals surface area contributed by atoms with Crippen LogP contribution in [0.5, 0.6) is 0 Å². The van der Waals surface area contributed by atoms with Gasteiger partial charge in [-0.15, -0.1) is 0 Å². The number of rotatable bonds is 4. The van der Waals surface area contributed by atoms with Crippen molar-refractivity contribution in [2.45, 2.75) is 25.7 Å². The fourth-order valence-corrected chi connectivity index (χ4v) is 3.41. The van der Waals surface area contributed by atoms with E-state index in [0.29, 0.717) is 32.0 Å². The summed E-state index contributed by atoms with van der Waals surface area (Å²) in [6, 6.07) is 2.33. The first-order valence-electron chi connectivity index (χ1n) is 6.71. The Labute approximate surface area is 126 Å². The molecule has 0 bridgehead atoms. The number of alkyl halides is 2. The first-order chi connectivity index (χ1) is 10.3. The Kier molecular flexibility index (Phi) is 5.07. The molecule has 1 aliphatic heterocycles. The number of amides is 1. The van der Waals surface area contributed by atoms with Crippen molar-refractivity contribution >= 4 is 16.1 Å². The Morgan fingerprint density at radius 1 is 1.18 bits per heavy atom. The van der Waals surface area contributed by atoms with Gasteiger partial charge in [0.05, 0.1) is 5.56 Å². The third-order valence-corrected chi connectivity index (χ3v) is 4.86. The molecule has 0 saturated carbocycles. The molecule has 1 N–H and O–H groups in total. The summed E-state index contributed by atoms with van der Waals surface area (Å²) >= 11 is 0. The highest BCUT2D eigenvalue weighted by atomic mass is 32.2. The lowest BCUT2D eigenvalue weighted by Crippen LogP contribution is -2.45. The third-order valence-electron chi connectivity index (χ3n) is 3.37. The molecule has 1 aromatic carbocycles. The molecule has 122 valence electrons. The molecule has 1 aromatic rings. The topological polar surface area (TPSA) is 66.5 Å². The molecular formula is C13H15F3N2O3S. The van der Waals surface area contributed by atoms with Crippen LogP contribution in [0, 0.1) is 5.82 Å². The van der Waals surface area contributed by atoms with E-state index in [1.165, 1.54) is 0 Å². The molecule has 0 unspecified atom stereocenters. The van der Waals surface area contributed by atoms with Crippen LogP contribution in [-0.2, 0) is 10.2 Å². The van der Waals surface area contributed by atoms with E-state index in [9.17, 15) is 26.4 Å². The van der Waals surface area contributed by atoms with Crippen LogP contribution >= 0.6 is 0 Å². The largest absolute Gasteiger partial charge is 0.304 e. The first kappa shape index (κ1) is 16.8. The Morgan fingerprint density at radius 3 is 2.36 bits per heavy atom. The van der Waals surface area contributed by atoms with Crippen molar-refractivity contribution in [2.75, 3.05) is 13.1 Å². The number of hydrogen-bond donors (Lipinski definition) is 1. The van der Waals surface area contributed by atoms with Gasteiger partial charge in [-0.1, -0.05) is 6.42 Å². The third kappa shape index (κ3) is 3.77. The second kappa shape index (κ2) is 6.66. The summed E-state index contributed by atoms with van der Waals surface area (Å²) in [6.07, 6.45) is -0.686. The number of halogens is 3. The zero-order valence-electron chi connectivity index (χ0n) is 11.6. The normalized spacial score (nSPS) is 16.7. The van der Waals surface area contributed by atoms with Gasteiger partial charge < -0.3 is 0 Å². The minimum atomic E-state index is -4.01. The van der Waals surface area contributed by atoms with Crippen molar-refractivity contribution in [1.82, 2.24) is 9.03 Å². The quantitative estimate of drug-likeness (QED) is 0.917. The lowest BCUT2D eigenvalue weighted by atomic mass is 10.1. The number of nitrogens with one attached hydrogen (secondary N) is 1. The van der Waals surface area contributed by atoms with Gasteiger partial charge in [0.25, 0.3) is 12.3 Å². The zero-order chi connectivity index (χ0) is 16.3. The molecule has 1 aliphatic rings. The van der Waals surface area contributed by atoms with Crippen LogP contribution < -0.4 is 4.72 Å². The second-order valence-electron chi connectivity index (χ2n) is 4.93. The SMILES string of the molecule is O=C(NS(=O)(=O)N1CCCCC1)c1ccc(C(F)F)c(F)c1. The van der Waals surface area contributed by atoms with Crippen LogP contribution in [0.25, 0.3) is 0 Å². The highest BCUT2D eigenvalue weighted by Crippen LogP contribution is 2.22. The van der Waals surface area contributed by atoms with Crippen LogP contribution in [0.1, 0.15) is 41.6 Å². The van der Waals surface area contributed by atoms with E-state index >= 15 is 0 Å². The van der Waals surface area contributed by atoms with Crippen LogP contribution in [-0.4, -0.2) is 31.7 Å². The fraction of sp³-hybridized carbons (Fsp3) is 0.462. The van der Waals surface area contributed by atoms with Crippen molar-refractivity contribution < 1.29 is 26.4 Å². The van der Waals surface area contributed by atoms with Gasteiger partial charge in [0.15, 0.2) is 0 Å². The molecule has 1 amide bonds. The highest BCUT2D eigenvalue weighted by Gasteiger charge is 2.26. The molecule has 0 atom stereocenters. The molecule has 1 saturated heterocycles. The van der Waals surface area contributed by atoms with Gasteiger partial charge in [0.2, 0.25) is 0 Å². The molecule has 22 heavy (non-hydrogen) atoms. The predicted octanol–water partition coefficient (Wildman–Crippen LogP) is 2.22. The summed E-state index contributed by atoms with van der Waals surface area (Å²) in [5.74, 6) is -2.30. The Morgan fingerprint density at radius 2 is 1.82 bits per heavy atom. The summed E-state index contributed by atoms with van der Waals surface area (Å²) in [5.41, 5.74) is -1.17. The Balaban J connectivity index is 2.13. The van der Waals surface area contributed by atoms with Crippen LogP contribution in [0.3, 0.4) is 0 Å². The van der Waals surface area contributed by atoms with E-state index in [2.05, 4.69) is 0 Å². The molecule has 0 radical (unpaired) electrons. The monoisotopic (exact) mass is 336 g/mol. The zero-order valence-corrected chi connectivity index (χ0v) is 12.4. The Hall–Kier alpha value is -1.61. The number of piperidine rings is 1. The maximum Gasteiger partial charge on any atom is 0.304 e. The van der Waals surface area contributed by atoms with E-state index in [4.69, 9.17) is 0 Å². The number of carbonyl (C=O) groups is 1. The smallest absolute Gasteiger partial charge is 0.268 e. The maximum atomic E-state index is 13.4. The number of hydrogen-bond acceptors (Lipinski definition) is 3. The molecule has 9 heteroatoms. The molecule has 5 nitrogen and oxygen atoms in total. The van der Waals surface area contributed by atoms with Gasteiger partial charge in [0, 0.05) is 18.7 Å². The van der Waals surface area contributed by atoms with E-state index < -0.39 is 33.9 Å². The minimum absolute atomic E-state index is 0.307. The number of nitrogens with zero attached hydrogens (tertiary/aromatic N) is 1. The van der Waals surface area contributed by atoms with Crippen molar-refractivity contribution in [3.63, 3.8) is 0 Å². The van der Waals surface area contributed by atoms with E-state index in [0.717, 1.165) is 22.9 Å². The van der Waals surface area contributed by atoms with Crippen molar-refractivity contribution in [3.05, 3.63) is 35.1 Å². The van der Waals surface area contributed by atoms with Gasteiger partial charge in [-0.2, -0.15) is 12.7 Å². The summed E-state index contributed by atoms with van der Waals surface area (Å²) in [4.78, 5) is 11.9. The second-order valence-corrected chi connectivity index (χ2v) is 6.60. The molecule has 1 heterocycles. The standard InChI is InChI=1S/C13H15F3N2O3S/c14-11-8-9(4-5-10(11)12(15)16)13(19)17-22(20,21)18-6-2-1-3-7-18/h4-5,8,12H,1-3,6-7H2,(H,17,19). The van der Waals surface area contributed by atoms with Crippen molar-refractivity contribution in [1.29, 1.82) is 0 Å². The maximum absolute atomic E-state index is 13.4.